The largest absolute Gasteiger partial charge is 0.457 e. The first-order valence-corrected chi connectivity index (χ1v) is 9.64. The SMILES string of the molecule is Clc1cccnc1.O=Cc1cc(Oc2ccccc2)ccc1C1CCN(C=O)C1. The van der Waals surface area contributed by atoms with Crippen LogP contribution in [0.25, 0.3) is 0 Å². The summed E-state index contributed by atoms with van der Waals surface area (Å²) in [5.74, 6) is 1.60. The third-order valence-corrected chi connectivity index (χ3v) is 4.82. The molecule has 1 aliphatic rings. The highest BCUT2D eigenvalue weighted by atomic mass is 35.5. The summed E-state index contributed by atoms with van der Waals surface area (Å²) >= 11 is 5.48. The maximum absolute atomic E-state index is 11.4. The van der Waals surface area contributed by atoms with Gasteiger partial charge in [0.2, 0.25) is 6.41 Å². The number of hydrogen-bond acceptors (Lipinski definition) is 4. The van der Waals surface area contributed by atoms with E-state index in [1.165, 1.54) is 0 Å². The van der Waals surface area contributed by atoms with Gasteiger partial charge in [0.1, 0.15) is 17.8 Å². The number of pyridine rings is 1. The molecule has 2 aromatic carbocycles. The van der Waals surface area contributed by atoms with Crippen LogP contribution in [0.5, 0.6) is 11.5 Å². The molecule has 1 aliphatic heterocycles. The second-order valence-electron chi connectivity index (χ2n) is 6.58. The third-order valence-electron chi connectivity index (χ3n) is 4.60. The Labute approximate surface area is 174 Å². The number of rotatable bonds is 5. The van der Waals surface area contributed by atoms with Crippen LogP contribution in [0.4, 0.5) is 0 Å². The molecule has 1 aromatic heterocycles. The van der Waals surface area contributed by atoms with Gasteiger partial charge in [0.25, 0.3) is 0 Å². The summed E-state index contributed by atoms with van der Waals surface area (Å²) in [6.07, 6.45) is 5.90. The van der Waals surface area contributed by atoms with Gasteiger partial charge in [0, 0.05) is 37.0 Å². The zero-order chi connectivity index (χ0) is 20.5. The molecule has 3 aromatic rings. The minimum atomic E-state index is 0.219. The number of amides is 1. The zero-order valence-electron chi connectivity index (χ0n) is 15.8. The van der Waals surface area contributed by atoms with Crippen molar-refractivity contribution >= 4 is 24.3 Å². The normalized spacial score (nSPS) is 15.2. The Kier molecular flexibility index (Phi) is 7.36. The lowest BCUT2D eigenvalue weighted by molar-refractivity contribution is -0.117. The van der Waals surface area contributed by atoms with E-state index in [-0.39, 0.29) is 5.92 Å². The number of likely N-dealkylation sites (tertiary alicyclic amines) is 1. The van der Waals surface area contributed by atoms with Gasteiger partial charge in [-0.15, -0.1) is 0 Å². The van der Waals surface area contributed by atoms with Crippen molar-refractivity contribution in [3.8, 4) is 11.5 Å². The molecule has 5 nitrogen and oxygen atoms in total. The van der Waals surface area contributed by atoms with Crippen LogP contribution in [-0.4, -0.2) is 35.7 Å². The van der Waals surface area contributed by atoms with Crippen LogP contribution >= 0.6 is 11.6 Å². The Balaban J connectivity index is 0.000000290. The van der Waals surface area contributed by atoms with E-state index in [2.05, 4.69) is 4.98 Å². The molecular weight excluding hydrogens is 388 g/mol. The molecule has 1 atom stereocenters. The van der Waals surface area contributed by atoms with Gasteiger partial charge in [-0.3, -0.25) is 14.6 Å². The number of para-hydroxylation sites is 1. The van der Waals surface area contributed by atoms with Gasteiger partial charge >= 0.3 is 0 Å². The number of carbonyl (C=O) groups is 2. The van der Waals surface area contributed by atoms with Crippen LogP contribution < -0.4 is 4.74 Å². The fourth-order valence-corrected chi connectivity index (χ4v) is 3.32. The first-order chi connectivity index (χ1) is 14.2. The van der Waals surface area contributed by atoms with Crippen molar-refractivity contribution < 1.29 is 14.3 Å². The summed E-state index contributed by atoms with van der Waals surface area (Å²) in [6.45, 7) is 1.41. The van der Waals surface area contributed by atoms with Crippen LogP contribution in [0, 0.1) is 0 Å². The van der Waals surface area contributed by atoms with Crippen LogP contribution in [0.2, 0.25) is 5.02 Å². The second kappa shape index (κ2) is 10.4. The monoisotopic (exact) mass is 408 g/mol. The van der Waals surface area contributed by atoms with Crippen molar-refractivity contribution in [3.05, 3.63) is 89.2 Å². The Hall–Kier alpha value is -3.18. The Morgan fingerprint density at radius 2 is 1.86 bits per heavy atom. The maximum atomic E-state index is 11.4. The number of aldehydes is 1. The number of hydrogen-bond donors (Lipinski definition) is 0. The molecular formula is C23H21ClN2O3. The van der Waals surface area contributed by atoms with Crippen molar-refractivity contribution in [1.29, 1.82) is 0 Å². The zero-order valence-corrected chi connectivity index (χ0v) is 16.5. The minimum absolute atomic E-state index is 0.219. The van der Waals surface area contributed by atoms with E-state index in [0.717, 1.165) is 37.0 Å². The average Bonchev–Trinajstić information content (AvgIpc) is 3.24. The standard InChI is InChI=1S/C18H17NO3.C5H4ClN/c20-12-15-10-17(22-16-4-2-1-3-5-16)6-7-18(15)14-8-9-19(11-14)13-21;6-5-2-1-3-7-4-5/h1-7,10,12-14H,8-9,11H2;1-4H. The summed E-state index contributed by atoms with van der Waals surface area (Å²) in [5, 5.41) is 0.683. The molecule has 148 valence electrons. The first kappa shape index (κ1) is 20.6. The smallest absolute Gasteiger partial charge is 0.209 e. The quantitative estimate of drug-likeness (QED) is 0.559. The lowest BCUT2D eigenvalue weighted by atomic mass is 9.94. The maximum Gasteiger partial charge on any atom is 0.209 e. The van der Waals surface area contributed by atoms with Gasteiger partial charge in [-0.2, -0.15) is 0 Å². The number of carbonyl (C=O) groups excluding carboxylic acids is 2. The summed E-state index contributed by atoms with van der Waals surface area (Å²) < 4.78 is 5.76. The fourth-order valence-electron chi connectivity index (χ4n) is 3.19. The molecule has 4 rings (SSSR count). The summed E-state index contributed by atoms with van der Waals surface area (Å²) in [5.41, 5.74) is 1.62. The number of nitrogens with zero attached hydrogens (tertiary/aromatic N) is 2. The summed E-state index contributed by atoms with van der Waals surface area (Å²) in [7, 11) is 0. The van der Waals surface area contributed by atoms with Crippen LogP contribution in [-0.2, 0) is 4.79 Å². The molecule has 29 heavy (non-hydrogen) atoms. The van der Waals surface area contributed by atoms with Crippen molar-refractivity contribution in [2.45, 2.75) is 12.3 Å². The summed E-state index contributed by atoms with van der Waals surface area (Å²) in [6, 6.07) is 18.6. The topological polar surface area (TPSA) is 59.5 Å². The van der Waals surface area contributed by atoms with Crippen molar-refractivity contribution in [3.63, 3.8) is 0 Å². The van der Waals surface area contributed by atoms with Gasteiger partial charge in [0.05, 0.1) is 5.02 Å². The molecule has 0 saturated carbocycles. The number of halogens is 1. The Morgan fingerprint density at radius 1 is 1.03 bits per heavy atom. The lowest BCUT2D eigenvalue weighted by Gasteiger charge is -2.14. The van der Waals surface area contributed by atoms with Crippen molar-refractivity contribution in [2.24, 2.45) is 0 Å². The lowest BCUT2D eigenvalue weighted by Crippen LogP contribution is -2.17. The molecule has 0 N–H and O–H groups in total. The molecule has 0 radical (unpaired) electrons. The molecule has 1 fully saturated rings. The van der Waals surface area contributed by atoms with Gasteiger partial charge in [-0.25, -0.2) is 0 Å². The van der Waals surface area contributed by atoms with E-state index in [1.54, 1.807) is 35.5 Å². The van der Waals surface area contributed by atoms with Crippen LogP contribution in [0.3, 0.4) is 0 Å². The van der Waals surface area contributed by atoms with E-state index in [9.17, 15) is 9.59 Å². The van der Waals surface area contributed by atoms with E-state index >= 15 is 0 Å². The summed E-state index contributed by atoms with van der Waals surface area (Å²) in [4.78, 5) is 27.7. The van der Waals surface area contributed by atoms with Gasteiger partial charge in [-0.05, 0) is 48.4 Å². The average molecular weight is 409 g/mol. The Morgan fingerprint density at radius 3 is 2.45 bits per heavy atom. The van der Waals surface area contributed by atoms with Gasteiger partial charge < -0.3 is 9.64 Å². The van der Waals surface area contributed by atoms with Crippen LogP contribution in [0.1, 0.15) is 28.3 Å². The van der Waals surface area contributed by atoms with Crippen molar-refractivity contribution in [1.82, 2.24) is 9.88 Å². The first-order valence-electron chi connectivity index (χ1n) is 9.26. The highest BCUT2D eigenvalue weighted by Gasteiger charge is 2.24. The number of benzene rings is 2. The van der Waals surface area contributed by atoms with E-state index in [4.69, 9.17) is 16.3 Å². The van der Waals surface area contributed by atoms with E-state index < -0.39 is 0 Å². The highest BCUT2D eigenvalue weighted by Crippen LogP contribution is 2.31. The minimum Gasteiger partial charge on any atom is -0.457 e. The van der Waals surface area contributed by atoms with E-state index in [0.29, 0.717) is 22.9 Å². The number of aromatic nitrogens is 1. The molecule has 0 aliphatic carbocycles. The predicted molar refractivity (Wildman–Crippen MR) is 113 cm³/mol. The molecule has 6 heteroatoms. The molecule has 1 amide bonds. The molecule has 2 heterocycles. The van der Waals surface area contributed by atoms with Crippen molar-refractivity contribution in [2.75, 3.05) is 13.1 Å². The molecule has 1 saturated heterocycles. The molecule has 0 bridgehead atoms. The third kappa shape index (κ3) is 5.90. The van der Waals surface area contributed by atoms with Gasteiger partial charge in [0.15, 0.2) is 0 Å². The van der Waals surface area contributed by atoms with Gasteiger partial charge in [-0.1, -0.05) is 35.9 Å². The fraction of sp³-hybridized carbons (Fsp3) is 0.174. The number of ether oxygens (including phenoxy) is 1. The Bertz CT molecular complexity index is 935. The second-order valence-corrected chi connectivity index (χ2v) is 7.02. The molecule has 1 unspecified atom stereocenters. The highest BCUT2D eigenvalue weighted by molar-refractivity contribution is 6.30. The van der Waals surface area contributed by atoms with Crippen LogP contribution in [0.15, 0.2) is 73.1 Å². The molecule has 0 spiro atoms. The van der Waals surface area contributed by atoms with E-state index in [1.807, 2.05) is 42.5 Å². The predicted octanol–water partition coefficient (Wildman–Crippen LogP) is 4.97.